The van der Waals surface area contributed by atoms with Gasteiger partial charge in [0.05, 0.1) is 6.42 Å². The van der Waals surface area contributed by atoms with E-state index in [0.717, 1.165) is 16.5 Å². The minimum Gasteiger partial charge on any atom is -0.368 e. The second-order valence-corrected chi connectivity index (χ2v) is 5.77. The van der Waals surface area contributed by atoms with Crippen molar-refractivity contribution in [2.24, 2.45) is 12.8 Å². The number of amides is 2. The molecule has 0 aliphatic carbocycles. The van der Waals surface area contributed by atoms with E-state index in [0.29, 0.717) is 5.56 Å². The molecule has 1 heterocycles. The third kappa shape index (κ3) is 3.15. The summed E-state index contributed by atoms with van der Waals surface area (Å²) in [6, 6.07) is 16.1. The van der Waals surface area contributed by atoms with Gasteiger partial charge in [0.15, 0.2) is 0 Å². The van der Waals surface area contributed by atoms with Crippen LogP contribution in [0.2, 0.25) is 0 Å². The lowest BCUT2D eigenvalue weighted by Gasteiger charge is -2.15. The Balaban J connectivity index is 1.80. The fourth-order valence-electron chi connectivity index (χ4n) is 2.92. The van der Waals surface area contributed by atoms with E-state index in [2.05, 4.69) is 5.32 Å². The van der Waals surface area contributed by atoms with Gasteiger partial charge in [-0.2, -0.15) is 0 Å². The summed E-state index contributed by atoms with van der Waals surface area (Å²) >= 11 is 0. The summed E-state index contributed by atoms with van der Waals surface area (Å²) < 4.78 is 1.99. The molecule has 0 aliphatic heterocycles. The van der Waals surface area contributed by atoms with Crippen LogP contribution in [0.15, 0.2) is 60.8 Å². The Morgan fingerprint density at radius 3 is 2.46 bits per heavy atom. The standard InChI is InChI=1S/C19H19N3O2/c1-22-12-14(15-9-5-6-10-16(15)22)11-17(23)21-18(19(20)24)13-7-3-2-4-8-13/h2-10,12,18H,11H2,1H3,(H2,20,24)(H,21,23)/t18-/m0/s1. The van der Waals surface area contributed by atoms with E-state index in [9.17, 15) is 9.59 Å². The molecule has 24 heavy (non-hydrogen) atoms. The van der Waals surface area contributed by atoms with E-state index in [1.54, 1.807) is 12.1 Å². The number of nitrogens with two attached hydrogens (primary N) is 1. The number of para-hydroxylation sites is 1. The molecule has 0 saturated carbocycles. The van der Waals surface area contributed by atoms with E-state index in [1.807, 2.05) is 60.3 Å². The zero-order valence-electron chi connectivity index (χ0n) is 13.4. The minimum atomic E-state index is -0.825. The molecule has 5 heteroatoms. The molecule has 3 rings (SSSR count). The van der Waals surface area contributed by atoms with Crippen LogP contribution in [0.3, 0.4) is 0 Å². The largest absolute Gasteiger partial charge is 0.368 e. The van der Waals surface area contributed by atoms with Crippen molar-refractivity contribution in [3.8, 4) is 0 Å². The summed E-state index contributed by atoms with van der Waals surface area (Å²) in [4.78, 5) is 24.1. The lowest BCUT2D eigenvalue weighted by molar-refractivity contribution is -0.127. The van der Waals surface area contributed by atoms with Crippen LogP contribution >= 0.6 is 0 Å². The molecule has 0 saturated heterocycles. The van der Waals surface area contributed by atoms with Gasteiger partial charge in [0.2, 0.25) is 11.8 Å². The first-order valence-electron chi connectivity index (χ1n) is 7.73. The molecule has 3 aromatic rings. The lowest BCUT2D eigenvalue weighted by atomic mass is 10.1. The predicted molar refractivity (Wildman–Crippen MR) is 93.1 cm³/mol. The van der Waals surface area contributed by atoms with Crippen molar-refractivity contribution in [3.05, 3.63) is 71.9 Å². The van der Waals surface area contributed by atoms with Gasteiger partial charge in [-0.25, -0.2) is 0 Å². The summed E-state index contributed by atoms with van der Waals surface area (Å²) in [5.41, 5.74) is 8.11. The SMILES string of the molecule is Cn1cc(CC(=O)N[C@H](C(N)=O)c2ccccc2)c2ccccc21. The molecule has 0 bridgehead atoms. The van der Waals surface area contributed by atoms with Gasteiger partial charge in [-0.15, -0.1) is 0 Å². The average molecular weight is 321 g/mol. The van der Waals surface area contributed by atoms with Crippen molar-refractivity contribution in [2.75, 3.05) is 0 Å². The van der Waals surface area contributed by atoms with Crippen LogP contribution in [0.1, 0.15) is 17.2 Å². The van der Waals surface area contributed by atoms with Gasteiger partial charge in [0.25, 0.3) is 0 Å². The van der Waals surface area contributed by atoms with Crippen molar-refractivity contribution >= 4 is 22.7 Å². The molecule has 3 N–H and O–H groups in total. The van der Waals surface area contributed by atoms with Gasteiger partial charge in [-0.1, -0.05) is 48.5 Å². The quantitative estimate of drug-likeness (QED) is 0.754. The Kier molecular flexibility index (Phi) is 4.33. The molecule has 0 aliphatic rings. The maximum Gasteiger partial charge on any atom is 0.244 e. The van der Waals surface area contributed by atoms with Crippen molar-refractivity contribution < 1.29 is 9.59 Å². The third-order valence-corrected chi connectivity index (χ3v) is 4.05. The zero-order valence-corrected chi connectivity index (χ0v) is 13.4. The molecule has 0 unspecified atom stereocenters. The fraction of sp³-hybridized carbons (Fsp3) is 0.158. The summed E-state index contributed by atoms with van der Waals surface area (Å²) in [5.74, 6) is -0.813. The maximum atomic E-state index is 12.4. The number of hydrogen-bond acceptors (Lipinski definition) is 2. The van der Waals surface area contributed by atoms with Crippen LogP contribution in [-0.2, 0) is 23.1 Å². The smallest absolute Gasteiger partial charge is 0.244 e. The van der Waals surface area contributed by atoms with E-state index in [4.69, 9.17) is 5.73 Å². The molecule has 1 aromatic heterocycles. The Hall–Kier alpha value is -3.08. The number of primary amides is 1. The molecule has 0 radical (unpaired) electrons. The van der Waals surface area contributed by atoms with Crippen LogP contribution in [0, 0.1) is 0 Å². The number of carbonyl (C=O) groups excluding carboxylic acids is 2. The van der Waals surface area contributed by atoms with Gasteiger partial charge in [0.1, 0.15) is 6.04 Å². The number of fused-ring (bicyclic) bond motifs is 1. The first kappa shape index (κ1) is 15.8. The second kappa shape index (κ2) is 6.58. The van der Waals surface area contributed by atoms with E-state index in [-0.39, 0.29) is 12.3 Å². The highest BCUT2D eigenvalue weighted by atomic mass is 16.2. The summed E-state index contributed by atoms with van der Waals surface area (Å²) in [5, 5.41) is 3.77. The molecule has 0 spiro atoms. The monoisotopic (exact) mass is 321 g/mol. The normalized spacial score (nSPS) is 12.0. The number of rotatable bonds is 5. The molecule has 2 aromatic carbocycles. The van der Waals surface area contributed by atoms with Crippen LogP contribution in [-0.4, -0.2) is 16.4 Å². The van der Waals surface area contributed by atoms with Gasteiger partial charge in [-0.3, -0.25) is 9.59 Å². The highest BCUT2D eigenvalue weighted by Crippen LogP contribution is 2.21. The number of aromatic nitrogens is 1. The minimum absolute atomic E-state index is 0.192. The van der Waals surface area contributed by atoms with E-state index in [1.165, 1.54) is 0 Å². The number of hydrogen-bond donors (Lipinski definition) is 2. The van der Waals surface area contributed by atoms with Crippen LogP contribution in [0.4, 0.5) is 0 Å². The summed E-state index contributed by atoms with van der Waals surface area (Å²) in [6.07, 6.45) is 2.13. The van der Waals surface area contributed by atoms with Crippen molar-refractivity contribution in [2.45, 2.75) is 12.5 Å². The predicted octanol–water partition coefficient (Wildman–Crippen LogP) is 2.06. The molecule has 122 valence electrons. The Morgan fingerprint density at radius 2 is 1.75 bits per heavy atom. The Labute approximate surface area is 140 Å². The zero-order chi connectivity index (χ0) is 17.1. The highest BCUT2D eigenvalue weighted by molar-refractivity contribution is 5.92. The first-order valence-corrected chi connectivity index (χ1v) is 7.73. The third-order valence-electron chi connectivity index (χ3n) is 4.05. The topological polar surface area (TPSA) is 77.1 Å². The number of benzene rings is 2. The van der Waals surface area contributed by atoms with E-state index < -0.39 is 11.9 Å². The second-order valence-electron chi connectivity index (χ2n) is 5.77. The van der Waals surface area contributed by atoms with Gasteiger partial charge >= 0.3 is 0 Å². The molecule has 5 nitrogen and oxygen atoms in total. The average Bonchev–Trinajstić information content (AvgIpc) is 2.89. The van der Waals surface area contributed by atoms with Crippen LogP contribution in [0.5, 0.6) is 0 Å². The summed E-state index contributed by atoms with van der Waals surface area (Å²) in [6.45, 7) is 0. The van der Waals surface area contributed by atoms with Gasteiger partial charge in [-0.05, 0) is 17.2 Å². The molecular weight excluding hydrogens is 302 g/mol. The molecule has 0 fully saturated rings. The van der Waals surface area contributed by atoms with Crippen molar-refractivity contribution in [1.29, 1.82) is 0 Å². The lowest BCUT2D eigenvalue weighted by Crippen LogP contribution is -2.38. The maximum absolute atomic E-state index is 12.4. The van der Waals surface area contributed by atoms with Crippen molar-refractivity contribution in [1.82, 2.24) is 9.88 Å². The molecular formula is C19H19N3O2. The fourth-order valence-corrected chi connectivity index (χ4v) is 2.92. The number of aryl methyl sites for hydroxylation is 1. The van der Waals surface area contributed by atoms with Gasteiger partial charge < -0.3 is 15.6 Å². The summed E-state index contributed by atoms with van der Waals surface area (Å²) in [7, 11) is 1.94. The Bertz CT molecular complexity index is 884. The number of carbonyl (C=O) groups is 2. The van der Waals surface area contributed by atoms with Crippen LogP contribution < -0.4 is 11.1 Å². The first-order chi connectivity index (χ1) is 11.6. The number of nitrogens with zero attached hydrogens (tertiary/aromatic N) is 1. The molecule has 2 amide bonds. The Morgan fingerprint density at radius 1 is 1.08 bits per heavy atom. The molecule has 1 atom stereocenters. The van der Waals surface area contributed by atoms with Gasteiger partial charge in [0, 0.05) is 24.1 Å². The van der Waals surface area contributed by atoms with Crippen molar-refractivity contribution in [3.63, 3.8) is 0 Å². The highest BCUT2D eigenvalue weighted by Gasteiger charge is 2.20. The van der Waals surface area contributed by atoms with Crippen LogP contribution in [0.25, 0.3) is 10.9 Å². The number of nitrogens with one attached hydrogen (secondary N) is 1. The van der Waals surface area contributed by atoms with E-state index >= 15 is 0 Å².